The van der Waals surface area contributed by atoms with Crippen LogP contribution in [0.1, 0.15) is 190 Å². The number of ether oxygens (including phenoxy) is 3. The highest BCUT2D eigenvalue weighted by Gasteiger charge is 2.23. The first-order chi connectivity index (χ1) is 28.7. The van der Waals surface area contributed by atoms with Crippen molar-refractivity contribution in [2.45, 2.75) is 192 Å². The maximum atomic E-state index is 10.7. The van der Waals surface area contributed by atoms with Gasteiger partial charge >= 0.3 is 0 Å². The molecule has 1 aromatic carbocycles. The minimum atomic E-state index is 0.0973. The van der Waals surface area contributed by atoms with E-state index < -0.39 is 0 Å². The zero-order valence-corrected chi connectivity index (χ0v) is 41.1. The van der Waals surface area contributed by atoms with Crippen LogP contribution in [-0.4, -0.2) is 26.4 Å². The number of methoxy groups -OCH3 is 3. The molecule has 0 unspecified atom stereocenters. The zero-order valence-electron chi connectivity index (χ0n) is 41.1. The monoisotopic (exact) mass is 825 g/mol. The van der Waals surface area contributed by atoms with Gasteiger partial charge in [0.25, 0.3) is 0 Å². The fourth-order valence-electron chi connectivity index (χ4n) is 7.27. The molecule has 4 heteroatoms. The van der Waals surface area contributed by atoms with Gasteiger partial charge in [0.2, 0.25) is 11.5 Å². The lowest BCUT2D eigenvalue weighted by molar-refractivity contribution is 0.307. The Morgan fingerprint density at radius 2 is 0.633 bits per heavy atom. The van der Waals surface area contributed by atoms with Gasteiger partial charge in [0.1, 0.15) is 0 Å². The van der Waals surface area contributed by atoms with Crippen molar-refractivity contribution in [2.24, 2.45) is 0 Å². The van der Waals surface area contributed by atoms with E-state index in [1.165, 1.54) is 83.0 Å². The second-order valence-corrected chi connectivity index (χ2v) is 17.4. The SMILES string of the molecule is CC/C(C)=C/CC/C(C)=C/CC/C(C)=C/CC/C(C)=C/CC/C(C)=C/CC/C(C)=C/CC/C(C)=C/CC/C(C)=C/CC/C(C)=C/Cc1c(C)c(O)c(OC)c(OC)c1OC. The molecule has 1 N–H and O–H groups in total. The Hall–Kier alpha value is -3.92. The van der Waals surface area contributed by atoms with Crippen molar-refractivity contribution in [1.29, 1.82) is 0 Å². The lowest BCUT2D eigenvalue weighted by Crippen LogP contribution is -2.02. The molecule has 1 aromatic rings. The molecule has 60 heavy (non-hydrogen) atoms. The Kier molecular flexibility index (Phi) is 28.7. The number of hydrogen-bond donors (Lipinski definition) is 1. The van der Waals surface area contributed by atoms with Crippen LogP contribution in [0, 0.1) is 6.92 Å². The molecule has 0 aliphatic carbocycles. The molecule has 0 bridgehead atoms. The zero-order chi connectivity index (χ0) is 44.9. The summed E-state index contributed by atoms with van der Waals surface area (Å²) < 4.78 is 16.6. The molecule has 4 nitrogen and oxygen atoms in total. The van der Waals surface area contributed by atoms with E-state index in [1.807, 2.05) is 6.92 Å². The quantitative estimate of drug-likeness (QED) is 0.0785. The van der Waals surface area contributed by atoms with Gasteiger partial charge in [0.05, 0.1) is 21.3 Å². The van der Waals surface area contributed by atoms with Crippen LogP contribution in [0.4, 0.5) is 0 Å². The fourth-order valence-corrected chi connectivity index (χ4v) is 7.27. The first-order valence-corrected chi connectivity index (χ1v) is 23.1. The van der Waals surface area contributed by atoms with Gasteiger partial charge in [-0.3, -0.25) is 0 Å². The van der Waals surface area contributed by atoms with Crippen LogP contribution >= 0.6 is 0 Å². The van der Waals surface area contributed by atoms with Crippen molar-refractivity contribution in [3.05, 3.63) is 116 Å². The van der Waals surface area contributed by atoms with Crippen molar-refractivity contribution >= 4 is 0 Å². The number of rotatable bonds is 30. The van der Waals surface area contributed by atoms with E-state index in [0.29, 0.717) is 23.7 Å². The van der Waals surface area contributed by atoms with Crippen molar-refractivity contribution < 1.29 is 19.3 Å². The Morgan fingerprint density at radius 1 is 0.383 bits per heavy atom. The summed E-state index contributed by atoms with van der Waals surface area (Å²) in [6.07, 6.45) is 41.6. The van der Waals surface area contributed by atoms with E-state index >= 15 is 0 Å². The standard InChI is InChI=1S/C56H88O4/c1-15-42(2)24-16-25-43(3)26-17-27-44(4)28-18-29-45(5)30-19-31-46(6)32-20-33-47(7)34-21-35-48(8)36-22-37-49(9)38-23-39-50(10)40-41-52-51(11)53(57)55(59-13)56(60-14)54(52)58-12/h24,26,28,30,32,34,36,38,40,57H,15-23,25,27,29,31,33,35,37,39,41H2,1-14H3/b42-24+,43-26+,44-28+,45-30+,46-32+,47-34+,48-36+,49-38+,50-40+. The summed E-state index contributed by atoms with van der Waals surface area (Å²) in [7, 11) is 4.70. The lowest BCUT2D eigenvalue weighted by Gasteiger charge is -2.19. The molecular weight excluding hydrogens is 737 g/mol. The first kappa shape index (κ1) is 54.1. The summed E-state index contributed by atoms with van der Waals surface area (Å²) in [5.41, 5.74) is 15.0. The predicted molar refractivity (Wildman–Crippen MR) is 264 cm³/mol. The summed E-state index contributed by atoms with van der Waals surface area (Å²) in [4.78, 5) is 0. The molecule has 0 aromatic heterocycles. The fraction of sp³-hybridized carbons (Fsp3) is 0.571. The summed E-state index contributed by atoms with van der Waals surface area (Å²) in [5, 5.41) is 10.7. The van der Waals surface area contributed by atoms with Gasteiger partial charge in [-0.15, -0.1) is 0 Å². The molecule has 0 heterocycles. The number of aromatic hydroxyl groups is 1. The van der Waals surface area contributed by atoms with E-state index in [1.54, 1.807) is 14.2 Å². The smallest absolute Gasteiger partial charge is 0.207 e. The van der Waals surface area contributed by atoms with Crippen molar-refractivity contribution in [3.63, 3.8) is 0 Å². The molecule has 0 aliphatic rings. The number of phenols is 1. The van der Waals surface area contributed by atoms with Crippen LogP contribution < -0.4 is 14.2 Å². The van der Waals surface area contributed by atoms with Crippen molar-refractivity contribution in [2.75, 3.05) is 21.3 Å². The average Bonchev–Trinajstić information content (AvgIpc) is 3.20. The van der Waals surface area contributed by atoms with Gasteiger partial charge in [-0.05, 0) is 185 Å². The van der Waals surface area contributed by atoms with E-state index in [-0.39, 0.29) is 5.75 Å². The van der Waals surface area contributed by atoms with Crippen LogP contribution in [0.3, 0.4) is 0 Å². The topological polar surface area (TPSA) is 47.9 Å². The van der Waals surface area contributed by atoms with E-state index in [9.17, 15) is 5.11 Å². The minimum absolute atomic E-state index is 0.0973. The van der Waals surface area contributed by atoms with Gasteiger partial charge in [0.15, 0.2) is 11.5 Å². The number of hydrogen-bond acceptors (Lipinski definition) is 4. The third-order valence-corrected chi connectivity index (χ3v) is 11.8. The summed E-state index contributed by atoms with van der Waals surface area (Å²) in [6.45, 7) is 24.5. The molecule has 0 saturated carbocycles. The summed E-state index contributed by atoms with van der Waals surface area (Å²) >= 11 is 0. The van der Waals surface area contributed by atoms with Gasteiger partial charge in [-0.25, -0.2) is 0 Å². The maximum absolute atomic E-state index is 10.7. The first-order valence-electron chi connectivity index (χ1n) is 23.1. The molecule has 0 saturated heterocycles. The van der Waals surface area contributed by atoms with Gasteiger partial charge in [0, 0.05) is 11.1 Å². The Bertz CT molecular complexity index is 1710. The normalized spacial score (nSPS) is 14.3. The molecule has 0 amide bonds. The molecule has 336 valence electrons. The highest BCUT2D eigenvalue weighted by molar-refractivity contribution is 5.66. The number of benzene rings is 1. The van der Waals surface area contributed by atoms with E-state index in [2.05, 4.69) is 124 Å². The number of phenolic OH excluding ortho intramolecular Hbond substituents is 1. The third-order valence-electron chi connectivity index (χ3n) is 11.8. The molecule has 0 atom stereocenters. The second-order valence-electron chi connectivity index (χ2n) is 17.4. The van der Waals surface area contributed by atoms with Gasteiger partial charge in [-0.1, -0.05) is 112 Å². The van der Waals surface area contributed by atoms with E-state index in [4.69, 9.17) is 14.2 Å². The van der Waals surface area contributed by atoms with Crippen LogP contribution in [0.15, 0.2) is 105 Å². The molecular formula is C56H88O4. The largest absolute Gasteiger partial charge is 0.504 e. The lowest BCUT2D eigenvalue weighted by atomic mass is 9.99. The summed E-state index contributed by atoms with van der Waals surface area (Å²) in [6, 6.07) is 0. The maximum Gasteiger partial charge on any atom is 0.207 e. The van der Waals surface area contributed by atoms with Crippen LogP contribution in [0.25, 0.3) is 0 Å². The van der Waals surface area contributed by atoms with Crippen LogP contribution in [0.2, 0.25) is 0 Å². The molecule has 0 fully saturated rings. The Balaban J connectivity index is 2.36. The van der Waals surface area contributed by atoms with Crippen molar-refractivity contribution in [3.8, 4) is 23.0 Å². The van der Waals surface area contributed by atoms with Crippen LogP contribution in [-0.2, 0) is 6.42 Å². The summed E-state index contributed by atoms with van der Waals surface area (Å²) in [5.74, 6) is 1.44. The highest BCUT2D eigenvalue weighted by atomic mass is 16.5. The minimum Gasteiger partial charge on any atom is -0.504 e. The molecule has 0 aliphatic heterocycles. The van der Waals surface area contributed by atoms with Gasteiger partial charge in [-0.2, -0.15) is 0 Å². The van der Waals surface area contributed by atoms with E-state index in [0.717, 1.165) is 94.6 Å². The van der Waals surface area contributed by atoms with Crippen molar-refractivity contribution in [1.82, 2.24) is 0 Å². The predicted octanol–water partition coefficient (Wildman–Crippen LogP) is 17.4. The van der Waals surface area contributed by atoms with Crippen LogP contribution in [0.5, 0.6) is 23.0 Å². The van der Waals surface area contributed by atoms with Gasteiger partial charge < -0.3 is 19.3 Å². The average molecular weight is 825 g/mol. The highest BCUT2D eigenvalue weighted by Crippen LogP contribution is 2.49. The number of allylic oxidation sites excluding steroid dienone is 18. The molecule has 0 radical (unpaired) electrons. The Morgan fingerprint density at radius 3 is 0.883 bits per heavy atom. The Labute approximate surface area is 370 Å². The molecule has 0 spiro atoms. The second kappa shape index (κ2) is 31.9. The third kappa shape index (κ3) is 23.2. The molecule has 1 rings (SSSR count).